The lowest BCUT2D eigenvalue weighted by molar-refractivity contribution is -0.121. The number of nitrogens with zero attached hydrogens (tertiary/aromatic N) is 1. The lowest BCUT2D eigenvalue weighted by Gasteiger charge is -2.28. The molecule has 0 saturated heterocycles. The molecule has 4 rings (SSSR count). The first-order valence-electron chi connectivity index (χ1n) is 11.3. The lowest BCUT2D eigenvalue weighted by Crippen LogP contribution is -2.40. The molecule has 2 aromatic carbocycles. The summed E-state index contributed by atoms with van der Waals surface area (Å²) in [5.74, 6) is -0.0904. The summed E-state index contributed by atoms with van der Waals surface area (Å²) in [7, 11) is 1.60. The fraction of sp³-hybridized carbons (Fsp3) is 0.385. The lowest BCUT2D eigenvalue weighted by atomic mass is 9.91. The minimum Gasteiger partial charge on any atom is -0.507 e. The van der Waals surface area contributed by atoms with Crippen molar-refractivity contribution in [2.75, 3.05) is 20.1 Å². The first-order chi connectivity index (χ1) is 15.9. The van der Waals surface area contributed by atoms with Gasteiger partial charge in [-0.3, -0.25) is 9.69 Å². The number of likely N-dealkylation sites (N-methyl/N-ethyl adjacent to an activating group) is 1. The molecule has 0 radical (unpaired) electrons. The van der Waals surface area contributed by atoms with E-state index in [0.717, 1.165) is 36.0 Å². The molecule has 2 N–H and O–H groups in total. The number of aromatic hydroxyl groups is 1. The van der Waals surface area contributed by atoms with Crippen LogP contribution in [0.4, 0.5) is 4.39 Å². The second-order valence-electron chi connectivity index (χ2n) is 8.81. The van der Waals surface area contributed by atoms with Crippen molar-refractivity contribution in [3.8, 4) is 5.75 Å². The number of hydrogen-bond acceptors (Lipinski definition) is 5. The molecule has 0 saturated carbocycles. The topological polar surface area (TPSA) is 82.8 Å². The van der Waals surface area contributed by atoms with Crippen LogP contribution >= 0.6 is 0 Å². The minimum atomic E-state index is -0.377. The maximum Gasteiger partial charge on any atom is 0.339 e. The van der Waals surface area contributed by atoms with E-state index in [-0.39, 0.29) is 35.6 Å². The van der Waals surface area contributed by atoms with Gasteiger partial charge in [-0.05, 0) is 72.6 Å². The predicted molar refractivity (Wildman–Crippen MR) is 125 cm³/mol. The van der Waals surface area contributed by atoms with Crippen molar-refractivity contribution in [1.29, 1.82) is 0 Å². The summed E-state index contributed by atoms with van der Waals surface area (Å²) >= 11 is 0. The second-order valence-corrected chi connectivity index (χ2v) is 8.81. The van der Waals surface area contributed by atoms with Crippen LogP contribution < -0.4 is 10.9 Å². The van der Waals surface area contributed by atoms with E-state index in [0.29, 0.717) is 36.0 Å². The number of nitrogens with one attached hydrogen (secondary N) is 1. The van der Waals surface area contributed by atoms with Gasteiger partial charge in [-0.2, -0.15) is 0 Å². The van der Waals surface area contributed by atoms with Crippen molar-refractivity contribution >= 4 is 16.9 Å². The predicted octanol–water partition coefficient (Wildman–Crippen LogP) is 3.87. The Bertz CT molecular complexity index is 1220. The number of carbonyl (C=O) groups is 1. The van der Waals surface area contributed by atoms with E-state index >= 15 is 0 Å². The van der Waals surface area contributed by atoms with Crippen LogP contribution in [0.3, 0.4) is 0 Å². The maximum atomic E-state index is 13.1. The molecule has 2 heterocycles. The van der Waals surface area contributed by atoms with Gasteiger partial charge >= 0.3 is 5.63 Å². The molecule has 1 unspecified atom stereocenters. The van der Waals surface area contributed by atoms with E-state index in [1.54, 1.807) is 25.2 Å². The average Bonchev–Trinajstić information content (AvgIpc) is 2.79. The molecule has 0 spiro atoms. The van der Waals surface area contributed by atoms with Gasteiger partial charge in [-0.1, -0.05) is 19.1 Å². The van der Waals surface area contributed by atoms with E-state index < -0.39 is 0 Å². The number of phenolic OH excluding ortho intramolecular Hbond substituents is 1. The number of halogens is 1. The van der Waals surface area contributed by atoms with E-state index in [1.807, 2.05) is 11.0 Å². The van der Waals surface area contributed by atoms with Crippen LogP contribution in [0.2, 0.25) is 0 Å². The summed E-state index contributed by atoms with van der Waals surface area (Å²) in [5.41, 5.74) is 3.30. The van der Waals surface area contributed by atoms with Crippen LogP contribution in [0.5, 0.6) is 5.75 Å². The Morgan fingerprint density at radius 2 is 2.00 bits per heavy atom. The monoisotopic (exact) mass is 452 g/mol. The fourth-order valence-electron chi connectivity index (χ4n) is 4.57. The number of hydrogen-bond donors (Lipinski definition) is 2. The molecular formula is C26H29FN2O4. The van der Waals surface area contributed by atoms with Gasteiger partial charge in [0.1, 0.15) is 17.1 Å². The first-order valence-corrected chi connectivity index (χ1v) is 11.3. The summed E-state index contributed by atoms with van der Waals surface area (Å²) in [5, 5.41) is 14.1. The molecule has 1 aliphatic heterocycles. The number of rotatable bonds is 7. The number of carbonyl (C=O) groups excluding carboxylic acids is 1. The number of benzene rings is 2. The molecule has 1 aromatic heterocycles. The Morgan fingerprint density at radius 3 is 2.73 bits per heavy atom. The van der Waals surface area contributed by atoms with Crippen molar-refractivity contribution in [2.24, 2.45) is 0 Å². The Hall–Kier alpha value is -3.19. The zero-order valence-corrected chi connectivity index (χ0v) is 19.0. The molecule has 1 amide bonds. The molecule has 0 aliphatic carbocycles. The van der Waals surface area contributed by atoms with Crippen molar-refractivity contribution in [1.82, 2.24) is 10.2 Å². The number of amides is 1. The summed E-state index contributed by atoms with van der Waals surface area (Å²) in [4.78, 5) is 26.4. The smallest absolute Gasteiger partial charge is 0.339 e. The number of phenols is 1. The Balaban J connectivity index is 1.55. The molecule has 6 nitrogen and oxygen atoms in total. The normalized spacial score (nSPS) is 14.8. The van der Waals surface area contributed by atoms with Gasteiger partial charge in [-0.25, -0.2) is 9.18 Å². The molecule has 174 valence electrons. The summed E-state index contributed by atoms with van der Waals surface area (Å²) in [6, 6.07) is 10.1. The van der Waals surface area contributed by atoms with E-state index in [4.69, 9.17) is 4.42 Å². The van der Waals surface area contributed by atoms with Crippen LogP contribution in [-0.2, 0) is 24.2 Å². The summed E-state index contributed by atoms with van der Waals surface area (Å²) in [6.07, 6.45) is 3.10. The third kappa shape index (κ3) is 5.09. The quantitative estimate of drug-likeness (QED) is 0.532. The zero-order valence-electron chi connectivity index (χ0n) is 19.0. The highest BCUT2D eigenvalue weighted by molar-refractivity contribution is 5.88. The van der Waals surface area contributed by atoms with Gasteiger partial charge in [0.05, 0.1) is 11.9 Å². The molecule has 1 aliphatic rings. The van der Waals surface area contributed by atoms with Crippen LogP contribution in [-0.4, -0.2) is 36.1 Å². The molecule has 7 heteroatoms. The molecule has 33 heavy (non-hydrogen) atoms. The average molecular weight is 453 g/mol. The largest absolute Gasteiger partial charge is 0.507 e. The standard InChI is InChI=1S/C26H29FN2O4/c1-16(4-3-5-17-6-8-19(27)9-7-17)18-12-22(30)25-21-14-29(15-24(31)28-2)11-10-20(21)26(32)33-23(25)13-18/h6-9,12-13,16,30H,3-5,10-11,14-15H2,1-2H3,(H,28,31). The highest BCUT2D eigenvalue weighted by Gasteiger charge is 2.26. The van der Waals surface area contributed by atoms with Gasteiger partial charge in [0.15, 0.2) is 0 Å². The Labute approximate surface area is 192 Å². The fourth-order valence-corrected chi connectivity index (χ4v) is 4.57. The van der Waals surface area contributed by atoms with Crippen molar-refractivity contribution < 1.29 is 18.7 Å². The van der Waals surface area contributed by atoms with Gasteiger partial charge in [0.2, 0.25) is 5.91 Å². The van der Waals surface area contributed by atoms with Crippen LogP contribution in [0.1, 0.15) is 47.9 Å². The molecule has 3 aromatic rings. The molecule has 0 bridgehead atoms. The van der Waals surface area contributed by atoms with Gasteiger partial charge in [0, 0.05) is 25.7 Å². The van der Waals surface area contributed by atoms with E-state index in [9.17, 15) is 19.1 Å². The van der Waals surface area contributed by atoms with Gasteiger partial charge in [-0.15, -0.1) is 0 Å². The molecular weight excluding hydrogens is 423 g/mol. The third-order valence-corrected chi connectivity index (χ3v) is 6.51. The Kier molecular flexibility index (Phi) is 6.79. The van der Waals surface area contributed by atoms with Crippen LogP contribution in [0, 0.1) is 5.82 Å². The van der Waals surface area contributed by atoms with Gasteiger partial charge in [0.25, 0.3) is 0 Å². The highest BCUT2D eigenvalue weighted by Crippen LogP contribution is 2.36. The summed E-state index contributed by atoms with van der Waals surface area (Å²) < 4.78 is 18.7. The number of fused-ring (bicyclic) bond motifs is 3. The number of aryl methyl sites for hydroxylation is 1. The first kappa shape index (κ1) is 23.0. The third-order valence-electron chi connectivity index (χ3n) is 6.51. The van der Waals surface area contributed by atoms with Crippen LogP contribution in [0.25, 0.3) is 11.0 Å². The SMILES string of the molecule is CNC(=O)CN1CCc2c(c3c(O)cc(C(C)CCCc4ccc(F)cc4)cc3oc2=O)C1. The zero-order chi connectivity index (χ0) is 23.5. The molecule has 0 fully saturated rings. The van der Waals surface area contributed by atoms with Crippen LogP contribution in [0.15, 0.2) is 45.6 Å². The van der Waals surface area contributed by atoms with Crippen molar-refractivity contribution in [2.45, 2.75) is 45.1 Å². The summed E-state index contributed by atoms with van der Waals surface area (Å²) in [6.45, 7) is 3.31. The maximum absolute atomic E-state index is 13.1. The van der Waals surface area contributed by atoms with E-state index in [1.165, 1.54) is 12.1 Å². The Morgan fingerprint density at radius 1 is 1.24 bits per heavy atom. The minimum absolute atomic E-state index is 0.0910. The van der Waals surface area contributed by atoms with Crippen molar-refractivity contribution in [3.63, 3.8) is 0 Å². The van der Waals surface area contributed by atoms with Gasteiger partial charge < -0.3 is 14.8 Å². The van der Waals surface area contributed by atoms with E-state index in [2.05, 4.69) is 12.2 Å². The second kappa shape index (κ2) is 9.75. The van der Waals surface area contributed by atoms with Crippen molar-refractivity contribution in [3.05, 3.63) is 74.9 Å². The highest BCUT2D eigenvalue weighted by atomic mass is 19.1. The molecule has 1 atom stereocenters.